The quantitative estimate of drug-likeness (QED) is 0.590. The van der Waals surface area contributed by atoms with Crippen LogP contribution in [0.15, 0.2) is 30.0 Å². The van der Waals surface area contributed by atoms with E-state index >= 15 is 0 Å². The van der Waals surface area contributed by atoms with E-state index in [1.165, 1.54) is 0 Å². The summed E-state index contributed by atoms with van der Waals surface area (Å²) in [6, 6.07) is 6.45. The van der Waals surface area contributed by atoms with Crippen molar-refractivity contribution in [2.75, 3.05) is 0 Å². The molecule has 128 valence electrons. The lowest BCUT2D eigenvalue weighted by atomic mass is 10.1. The molecular formula is C18H17N3O4. The molecule has 2 aromatic rings. The molecule has 0 unspecified atom stereocenters. The molecule has 7 heteroatoms. The summed E-state index contributed by atoms with van der Waals surface area (Å²) in [6.45, 7) is 5.54. The maximum Gasteiger partial charge on any atom is 0.336 e. The Balaban J connectivity index is 2.12. The molecule has 7 nitrogen and oxygen atoms in total. The Bertz CT molecular complexity index is 953. The average molecular weight is 339 g/mol. The number of carbonyl (C=O) groups is 3. The molecular weight excluding hydrogens is 322 g/mol. The van der Waals surface area contributed by atoms with Gasteiger partial charge in [-0.05, 0) is 56.2 Å². The highest BCUT2D eigenvalue weighted by atomic mass is 16.4. The van der Waals surface area contributed by atoms with Gasteiger partial charge in [-0.15, -0.1) is 0 Å². The number of rotatable bonds is 3. The van der Waals surface area contributed by atoms with E-state index in [4.69, 9.17) is 0 Å². The fraction of sp³-hybridized carbons (Fsp3) is 0.167. The van der Waals surface area contributed by atoms with Crippen molar-refractivity contribution in [3.63, 3.8) is 0 Å². The van der Waals surface area contributed by atoms with Gasteiger partial charge in [-0.3, -0.25) is 10.1 Å². The Morgan fingerprint density at radius 1 is 1.16 bits per heavy atom. The Hall–Kier alpha value is -3.35. The summed E-state index contributed by atoms with van der Waals surface area (Å²) < 4.78 is 1.93. The van der Waals surface area contributed by atoms with Crippen molar-refractivity contribution >= 4 is 24.0 Å². The lowest BCUT2D eigenvalue weighted by molar-refractivity contribution is -0.115. The van der Waals surface area contributed by atoms with Crippen LogP contribution < -0.4 is 10.6 Å². The summed E-state index contributed by atoms with van der Waals surface area (Å²) in [5.74, 6) is -1.45. The summed E-state index contributed by atoms with van der Waals surface area (Å²) in [4.78, 5) is 34.3. The first kappa shape index (κ1) is 16.5. The first-order chi connectivity index (χ1) is 11.8. The number of imide groups is 1. The minimum atomic E-state index is -0.977. The number of aryl methyl sites for hydroxylation is 1. The summed E-state index contributed by atoms with van der Waals surface area (Å²) in [5.41, 5.74) is 4.34. The minimum Gasteiger partial charge on any atom is -0.478 e. The van der Waals surface area contributed by atoms with Crippen LogP contribution in [-0.2, 0) is 4.79 Å². The molecule has 3 amide bonds. The maximum atomic E-state index is 11.7. The van der Waals surface area contributed by atoms with Crippen LogP contribution in [-0.4, -0.2) is 27.6 Å². The predicted octanol–water partition coefficient (Wildman–Crippen LogP) is 2.28. The second kappa shape index (κ2) is 5.94. The van der Waals surface area contributed by atoms with Crippen LogP contribution in [0.25, 0.3) is 11.8 Å². The van der Waals surface area contributed by atoms with Crippen molar-refractivity contribution in [2.45, 2.75) is 20.8 Å². The molecule has 0 saturated carbocycles. The number of hydrogen-bond donors (Lipinski definition) is 3. The summed E-state index contributed by atoms with van der Waals surface area (Å²) in [7, 11) is 0. The number of hydrogen-bond acceptors (Lipinski definition) is 3. The molecule has 1 aromatic carbocycles. The van der Waals surface area contributed by atoms with E-state index in [9.17, 15) is 19.5 Å². The molecule has 1 saturated heterocycles. The number of amides is 3. The summed E-state index contributed by atoms with van der Waals surface area (Å²) in [5, 5.41) is 13.9. The fourth-order valence-electron chi connectivity index (χ4n) is 3.04. The van der Waals surface area contributed by atoms with Crippen LogP contribution in [0.1, 0.15) is 32.9 Å². The second-order valence-corrected chi connectivity index (χ2v) is 5.88. The molecule has 2 heterocycles. The highest BCUT2D eigenvalue weighted by molar-refractivity contribution is 6.14. The molecule has 25 heavy (non-hydrogen) atoms. The van der Waals surface area contributed by atoms with Crippen LogP contribution in [0, 0.1) is 20.8 Å². The van der Waals surface area contributed by atoms with E-state index < -0.39 is 17.9 Å². The van der Waals surface area contributed by atoms with E-state index in [0.717, 1.165) is 22.6 Å². The number of nitrogens with one attached hydrogen (secondary N) is 2. The van der Waals surface area contributed by atoms with Crippen LogP contribution in [0.2, 0.25) is 0 Å². The number of aromatic carboxylic acids is 1. The van der Waals surface area contributed by atoms with Crippen molar-refractivity contribution in [3.05, 3.63) is 58.0 Å². The largest absolute Gasteiger partial charge is 0.478 e. The zero-order valence-electron chi connectivity index (χ0n) is 14.0. The lowest BCUT2D eigenvalue weighted by Gasteiger charge is -2.14. The number of aromatic nitrogens is 1. The van der Waals surface area contributed by atoms with Gasteiger partial charge < -0.3 is 15.0 Å². The molecule has 0 bridgehead atoms. The number of benzene rings is 1. The van der Waals surface area contributed by atoms with Crippen molar-refractivity contribution in [2.24, 2.45) is 0 Å². The predicted molar refractivity (Wildman–Crippen MR) is 91.6 cm³/mol. The fourth-order valence-corrected chi connectivity index (χ4v) is 3.04. The number of carboxylic acids is 1. The maximum absolute atomic E-state index is 11.7. The second-order valence-electron chi connectivity index (χ2n) is 5.88. The number of urea groups is 1. The third kappa shape index (κ3) is 2.80. The average Bonchev–Trinajstić information content (AvgIpc) is 2.99. The topological polar surface area (TPSA) is 100 Å². The van der Waals surface area contributed by atoms with Gasteiger partial charge >= 0.3 is 12.0 Å². The third-order valence-electron chi connectivity index (χ3n) is 4.27. The normalized spacial score (nSPS) is 15.4. The van der Waals surface area contributed by atoms with Gasteiger partial charge in [-0.25, -0.2) is 9.59 Å². The van der Waals surface area contributed by atoms with Crippen LogP contribution in [0.3, 0.4) is 0 Å². The van der Waals surface area contributed by atoms with E-state index in [1.807, 2.05) is 30.5 Å². The van der Waals surface area contributed by atoms with Gasteiger partial charge in [0.25, 0.3) is 5.91 Å². The molecule has 1 aliphatic rings. The molecule has 1 aliphatic heterocycles. The first-order valence-electron chi connectivity index (χ1n) is 7.66. The molecule has 3 rings (SSSR count). The zero-order chi connectivity index (χ0) is 18.3. The molecule has 1 fully saturated rings. The number of carboxylic acid groups (broad SMARTS) is 1. The van der Waals surface area contributed by atoms with Gasteiger partial charge in [0, 0.05) is 17.1 Å². The monoisotopic (exact) mass is 339 g/mol. The number of carbonyl (C=O) groups excluding carboxylic acids is 2. The standard InChI is InChI=1S/C18H17N3O4/c1-9-7-12(8-14-16(22)20-18(25)19-14)11(3)21(9)15-6-4-5-13(10(15)2)17(23)24/h4-8H,1-3H3,(H,23,24)(H2,19,20,22,25)/b14-8-. The van der Waals surface area contributed by atoms with Crippen LogP contribution in [0.5, 0.6) is 0 Å². The van der Waals surface area contributed by atoms with Gasteiger partial charge in [0.2, 0.25) is 0 Å². The Morgan fingerprint density at radius 3 is 2.48 bits per heavy atom. The van der Waals surface area contributed by atoms with Crippen LogP contribution in [0.4, 0.5) is 4.79 Å². The highest BCUT2D eigenvalue weighted by Crippen LogP contribution is 2.26. The smallest absolute Gasteiger partial charge is 0.336 e. The zero-order valence-corrected chi connectivity index (χ0v) is 14.0. The Kier molecular flexibility index (Phi) is 3.92. The summed E-state index contributed by atoms with van der Waals surface area (Å²) >= 11 is 0. The molecule has 0 spiro atoms. The van der Waals surface area contributed by atoms with Crippen LogP contribution >= 0.6 is 0 Å². The van der Waals surface area contributed by atoms with Crippen molar-refractivity contribution in [1.29, 1.82) is 0 Å². The van der Waals surface area contributed by atoms with Gasteiger partial charge in [0.1, 0.15) is 5.70 Å². The third-order valence-corrected chi connectivity index (χ3v) is 4.27. The first-order valence-corrected chi connectivity index (χ1v) is 7.66. The van der Waals surface area contributed by atoms with Gasteiger partial charge in [0.05, 0.1) is 5.56 Å². The highest BCUT2D eigenvalue weighted by Gasteiger charge is 2.24. The summed E-state index contributed by atoms with van der Waals surface area (Å²) in [6.07, 6.45) is 1.61. The van der Waals surface area contributed by atoms with E-state index in [1.54, 1.807) is 25.1 Å². The van der Waals surface area contributed by atoms with Crippen molar-refractivity contribution in [1.82, 2.24) is 15.2 Å². The number of nitrogens with zero attached hydrogens (tertiary/aromatic N) is 1. The molecule has 0 radical (unpaired) electrons. The molecule has 0 aliphatic carbocycles. The van der Waals surface area contributed by atoms with Gasteiger partial charge in [-0.2, -0.15) is 0 Å². The molecule has 0 atom stereocenters. The Labute approximate surface area is 144 Å². The van der Waals surface area contributed by atoms with Crippen molar-refractivity contribution in [3.8, 4) is 5.69 Å². The minimum absolute atomic E-state index is 0.182. The van der Waals surface area contributed by atoms with Gasteiger partial charge in [0.15, 0.2) is 0 Å². The Morgan fingerprint density at radius 2 is 1.88 bits per heavy atom. The van der Waals surface area contributed by atoms with Gasteiger partial charge in [-0.1, -0.05) is 6.07 Å². The van der Waals surface area contributed by atoms with E-state index in [2.05, 4.69) is 10.6 Å². The molecule has 1 aromatic heterocycles. The van der Waals surface area contributed by atoms with Crippen molar-refractivity contribution < 1.29 is 19.5 Å². The molecule has 3 N–H and O–H groups in total. The lowest BCUT2D eigenvalue weighted by Crippen LogP contribution is -2.22. The van der Waals surface area contributed by atoms with E-state index in [-0.39, 0.29) is 11.3 Å². The SMILES string of the molecule is Cc1c(C(=O)O)cccc1-n1c(C)cc(/C=C2\NC(=O)NC2=O)c1C. The van der Waals surface area contributed by atoms with E-state index in [0.29, 0.717) is 5.56 Å².